The fraction of sp³-hybridized carbons (Fsp3) is 0.407. The molecule has 3 aromatic rings. The Morgan fingerprint density at radius 1 is 1.03 bits per heavy atom. The Morgan fingerprint density at radius 2 is 1.73 bits per heavy atom. The van der Waals surface area contributed by atoms with Crippen molar-refractivity contribution in [3.05, 3.63) is 78.2 Å². The molecule has 2 aromatic carbocycles. The van der Waals surface area contributed by atoms with Crippen molar-refractivity contribution in [1.29, 1.82) is 0 Å². The smallest absolute Gasteiger partial charge is 0.226 e. The van der Waals surface area contributed by atoms with Crippen LogP contribution in [0.2, 0.25) is 0 Å². The molecular formula is C27H33N5O. The van der Waals surface area contributed by atoms with Crippen molar-refractivity contribution in [3.63, 3.8) is 0 Å². The highest BCUT2D eigenvalue weighted by molar-refractivity contribution is 5.80. The minimum atomic E-state index is 0.449. The lowest BCUT2D eigenvalue weighted by Crippen LogP contribution is -2.52. The van der Waals surface area contributed by atoms with Gasteiger partial charge in [-0.3, -0.25) is 4.90 Å². The van der Waals surface area contributed by atoms with E-state index in [2.05, 4.69) is 57.8 Å². The van der Waals surface area contributed by atoms with Gasteiger partial charge in [-0.2, -0.15) is 0 Å². The summed E-state index contributed by atoms with van der Waals surface area (Å²) in [5, 5.41) is 7.11. The summed E-state index contributed by atoms with van der Waals surface area (Å²) in [6.45, 7) is 4.49. The Bertz CT molecular complexity index is 1030. The molecule has 2 fully saturated rings. The summed E-state index contributed by atoms with van der Waals surface area (Å²) in [4.78, 5) is 12.1. The van der Waals surface area contributed by atoms with Gasteiger partial charge in [-0.25, -0.2) is 9.98 Å². The van der Waals surface area contributed by atoms with Crippen LogP contribution in [-0.4, -0.2) is 40.5 Å². The zero-order valence-electron chi connectivity index (χ0n) is 19.3. The molecule has 2 atom stereocenters. The van der Waals surface area contributed by atoms with Crippen LogP contribution >= 0.6 is 0 Å². The highest BCUT2D eigenvalue weighted by Gasteiger charge is 2.40. The molecule has 3 heterocycles. The number of hydrogen-bond donors (Lipinski definition) is 2. The van der Waals surface area contributed by atoms with Crippen LogP contribution in [0.4, 0.5) is 0 Å². The zero-order valence-corrected chi connectivity index (χ0v) is 19.3. The number of hydrogen-bond acceptors (Lipinski definition) is 4. The number of fused-ring (bicyclic) bond motifs is 2. The predicted octanol–water partition coefficient (Wildman–Crippen LogP) is 4.59. The molecule has 2 unspecified atom stereocenters. The van der Waals surface area contributed by atoms with Crippen molar-refractivity contribution < 1.29 is 4.42 Å². The lowest BCUT2D eigenvalue weighted by atomic mass is 9.96. The number of aromatic nitrogens is 1. The van der Waals surface area contributed by atoms with Gasteiger partial charge in [0, 0.05) is 36.8 Å². The van der Waals surface area contributed by atoms with Crippen molar-refractivity contribution in [2.75, 3.05) is 6.54 Å². The molecule has 6 nitrogen and oxygen atoms in total. The van der Waals surface area contributed by atoms with E-state index in [0.717, 1.165) is 43.1 Å². The van der Waals surface area contributed by atoms with Gasteiger partial charge in [0.1, 0.15) is 12.0 Å². The Morgan fingerprint density at radius 3 is 2.42 bits per heavy atom. The van der Waals surface area contributed by atoms with Crippen molar-refractivity contribution >= 4 is 5.96 Å². The number of piperidine rings is 1. The summed E-state index contributed by atoms with van der Waals surface area (Å²) >= 11 is 0. The van der Waals surface area contributed by atoms with Gasteiger partial charge >= 0.3 is 0 Å². The zero-order chi connectivity index (χ0) is 22.5. The monoisotopic (exact) mass is 443 g/mol. The summed E-state index contributed by atoms with van der Waals surface area (Å²) in [5.41, 5.74) is 3.23. The van der Waals surface area contributed by atoms with E-state index >= 15 is 0 Å². The SMILES string of the molecule is CCNC(=NCc1coc(-c2ccccc2)n1)NC1CC2CCC(C1)N2Cc1ccccc1. The average Bonchev–Trinajstić information content (AvgIpc) is 3.41. The molecule has 0 radical (unpaired) electrons. The molecule has 2 saturated heterocycles. The van der Waals surface area contributed by atoms with Crippen LogP contribution in [0.5, 0.6) is 0 Å². The normalized spacial score (nSPS) is 22.9. The maximum absolute atomic E-state index is 5.66. The van der Waals surface area contributed by atoms with Crippen LogP contribution in [0.3, 0.4) is 0 Å². The molecule has 0 aliphatic carbocycles. The van der Waals surface area contributed by atoms with Gasteiger partial charge < -0.3 is 15.1 Å². The van der Waals surface area contributed by atoms with Crippen LogP contribution in [0, 0.1) is 0 Å². The van der Waals surface area contributed by atoms with Crippen LogP contribution in [0.25, 0.3) is 11.5 Å². The van der Waals surface area contributed by atoms with Gasteiger partial charge in [0.05, 0.1) is 6.54 Å². The second-order valence-corrected chi connectivity index (χ2v) is 9.06. The quantitative estimate of drug-likeness (QED) is 0.413. The van der Waals surface area contributed by atoms with Crippen molar-refractivity contribution in [1.82, 2.24) is 20.5 Å². The molecule has 0 saturated carbocycles. The molecule has 1 aromatic heterocycles. The third-order valence-electron chi connectivity index (χ3n) is 6.75. The van der Waals surface area contributed by atoms with E-state index in [9.17, 15) is 0 Å². The standard InChI is InChI=1S/C27H33N5O/c1-2-28-27(29-17-23-19-33-26(30-23)21-11-7-4-8-12-21)31-22-15-24-13-14-25(16-22)32(24)18-20-9-5-3-6-10-20/h3-12,19,22,24-25H,2,13-18H2,1H3,(H2,28,29,31). The molecule has 2 N–H and O–H groups in total. The molecule has 2 aliphatic rings. The Hall–Kier alpha value is -3.12. The summed E-state index contributed by atoms with van der Waals surface area (Å²) < 4.78 is 5.66. The van der Waals surface area contributed by atoms with E-state index in [1.165, 1.54) is 18.4 Å². The van der Waals surface area contributed by atoms with E-state index in [1.54, 1.807) is 6.26 Å². The summed E-state index contributed by atoms with van der Waals surface area (Å²) in [6.07, 6.45) is 6.62. The van der Waals surface area contributed by atoms with E-state index in [-0.39, 0.29) is 0 Å². The molecule has 0 amide bonds. The lowest BCUT2D eigenvalue weighted by molar-refractivity contribution is 0.114. The second kappa shape index (κ2) is 10.2. The van der Waals surface area contributed by atoms with Gasteiger partial charge in [0.2, 0.25) is 5.89 Å². The van der Waals surface area contributed by atoms with E-state index in [4.69, 9.17) is 9.41 Å². The first-order chi connectivity index (χ1) is 16.3. The molecule has 6 heteroatoms. The largest absolute Gasteiger partial charge is 0.444 e. The summed E-state index contributed by atoms with van der Waals surface area (Å²) in [7, 11) is 0. The van der Waals surface area contributed by atoms with Crippen LogP contribution in [0.15, 0.2) is 76.3 Å². The topological polar surface area (TPSA) is 65.7 Å². The van der Waals surface area contributed by atoms with Crippen LogP contribution in [0.1, 0.15) is 43.9 Å². The van der Waals surface area contributed by atoms with Crippen molar-refractivity contribution in [3.8, 4) is 11.5 Å². The van der Waals surface area contributed by atoms with Crippen molar-refractivity contribution in [2.24, 2.45) is 4.99 Å². The van der Waals surface area contributed by atoms with E-state index in [0.29, 0.717) is 30.6 Å². The summed E-state index contributed by atoms with van der Waals surface area (Å²) in [5.74, 6) is 1.50. The second-order valence-electron chi connectivity index (χ2n) is 9.06. The minimum Gasteiger partial charge on any atom is -0.444 e. The number of nitrogens with zero attached hydrogens (tertiary/aromatic N) is 3. The molecule has 2 bridgehead atoms. The molecule has 33 heavy (non-hydrogen) atoms. The first-order valence-corrected chi connectivity index (χ1v) is 12.1. The Labute approximate surface area is 196 Å². The first-order valence-electron chi connectivity index (χ1n) is 12.1. The van der Waals surface area contributed by atoms with Gasteiger partial charge in [-0.05, 0) is 50.3 Å². The highest BCUT2D eigenvalue weighted by Crippen LogP contribution is 2.36. The number of aliphatic imine (C=N–C) groups is 1. The third-order valence-corrected chi connectivity index (χ3v) is 6.75. The molecule has 0 spiro atoms. The van der Waals surface area contributed by atoms with E-state index in [1.807, 2.05) is 30.3 Å². The summed E-state index contributed by atoms with van der Waals surface area (Å²) in [6, 6.07) is 22.6. The van der Waals surface area contributed by atoms with E-state index < -0.39 is 0 Å². The number of oxazole rings is 1. The fourth-order valence-corrected chi connectivity index (χ4v) is 5.21. The third kappa shape index (κ3) is 5.28. The Kier molecular flexibility index (Phi) is 6.72. The fourth-order valence-electron chi connectivity index (χ4n) is 5.21. The molecular weight excluding hydrogens is 410 g/mol. The van der Waals surface area contributed by atoms with Gasteiger partial charge in [-0.1, -0.05) is 48.5 Å². The van der Waals surface area contributed by atoms with Crippen LogP contribution < -0.4 is 10.6 Å². The van der Waals surface area contributed by atoms with Gasteiger partial charge in [-0.15, -0.1) is 0 Å². The maximum Gasteiger partial charge on any atom is 0.226 e. The molecule has 2 aliphatic heterocycles. The number of benzene rings is 2. The number of nitrogens with one attached hydrogen (secondary N) is 2. The van der Waals surface area contributed by atoms with Gasteiger partial charge in [0.15, 0.2) is 5.96 Å². The average molecular weight is 444 g/mol. The predicted molar refractivity (Wildman–Crippen MR) is 132 cm³/mol. The first kappa shape index (κ1) is 21.7. The highest BCUT2D eigenvalue weighted by atomic mass is 16.3. The number of guanidine groups is 1. The minimum absolute atomic E-state index is 0.449. The molecule has 5 rings (SSSR count). The maximum atomic E-state index is 5.66. The van der Waals surface area contributed by atoms with Crippen LogP contribution in [-0.2, 0) is 13.1 Å². The van der Waals surface area contributed by atoms with Gasteiger partial charge in [0.25, 0.3) is 0 Å². The lowest BCUT2D eigenvalue weighted by Gasteiger charge is -2.39. The molecule has 172 valence electrons. The Balaban J connectivity index is 1.20. The van der Waals surface area contributed by atoms with Crippen molar-refractivity contribution in [2.45, 2.75) is 63.8 Å². The number of rotatable bonds is 7.